The summed E-state index contributed by atoms with van der Waals surface area (Å²) >= 11 is 0. The second kappa shape index (κ2) is 8.07. The molecule has 0 bridgehead atoms. The molecule has 9 nitrogen and oxygen atoms in total. The second-order valence-electron chi connectivity index (χ2n) is 8.29. The number of anilines is 2. The summed E-state index contributed by atoms with van der Waals surface area (Å²) in [7, 11) is 1.46. The summed E-state index contributed by atoms with van der Waals surface area (Å²) in [5, 5.41) is 5.10. The van der Waals surface area contributed by atoms with Crippen LogP contribution in [0.15, 0.2) is 24.7 Å². The third kappa shape index (κ3) is 3.58. The van der Waals surface area contributed by atoms with E-state index >= 15 is 4.39 Å². The molecule has 0 spiro atoms. The minimum atomic E-state index is -0.693. The zero-order valence-corrected chi connectivity index (χ0v) is 18.2. The number of halogens is 2. The minimum Gasteiger partial charge on any atom is -0.365 e. The normalized spacial score (nSPS) is 18.5. The Hall–Kier alpha value is -3.60. The maximum Gasteiger partial charge on any atom is 0.269 e. The Morgan fingerprint density at radius 2 is 2.00 bits per heavy atom. The van der Waals surface area contributed by atoms with Crippen LogP contribution in [0.2, 0.25) is 0 Å². The average Bonchev–Trinajstić information content (AvgIpc) is 3.24. The Morgan fingerprint density at radius 1 is 1.24 bits per heavy atom. The van der Waals surface area contributed by atoms with E-state index in [4.69, 9.17) is 0 Å². The average molecular weight is 455 g/mol. The van der Waals surface area contributed by atoms with Crippen LogP contribution in [0.1, 0.15) is 34.6 Å². The number of pyridine rings is 2. The fraction of sp³-hybridized carbons (Fsp3) is 0.364. The molecule has 1 atom stereocenters. The van der Waals surface area contributed by atoms with Gasteiger partial charge < -0.3 is 19.9 Å². The number of nitrogens with one attached hydrogen (secondary N) is 2. The number of carbonyl (C=O) groups excluding carboxylic acids is 2. The van der Waals surface area contributed by atoms with Crippen LogP contribution >= 0.6 is 0 Å². The number of nitrogens with zero attached hydrogens (tertiary/aromatic N) is 5. The van der Waals surface area contributed by atoms with Crippen molar-refractivity contribution in [3.8, 4) is 0 Å². The van der Waals surface area contributed by atoms with Crippen molar-refractivity contribution >= 4 is 28.7 Å². The number of piperazine rings is 1. The van der Waals surface area contributed by atoms with Gasteiger partial charge in [-0.15, -0.1) is 0 Å². The third-order valence-electron chi connectivity index (χ3n) is 6.30. The quantitative estimate of drug-likeness (QED) is 0.582. The largest absolute Gasteiger partial charge is 0.365 e. The van der Waals surface area contributed by atoms with Crippen LogP contribution in [0.5, 0.6) is 0 Å². The molecule has 2 aliphatic rings. The molecule has 5 rings (SSSR count). The van der Waals surface area contributed by atoms with Crippen molar-refractivity contribution in [1.82, 2.24) is 24.6 Å². The first kappa shape index (κ1) is 21.3. The predicted octanol–water partition coefficient (Wildman–Crippen LogP) is 1.74. The van der Waals surface area contributed by atoms with E-state index in [1.807, 2.05) is 4.90 Å². The molecule has 5 heterocycles. The molecular weight excluding hydrogens is 432 g/mol. The highest BCUT2D eigenvalue weighted by Crippen LogP contribution is 2.35. The molecule has 2 N–H and O–H groups in total. The number of carbonyl (C=O) groups is 2. The van der Waals surface area contributed by atoms with Crippen LogP contribution in [0.25, 0.3) is 5.52 Å². The molecule has 0 aliphatic carbocycles. The number of hydrogen-bond donors (Lipinski definition) is 2. The van der Waals surface area contributed by atoms with E-state index in [1.165, 1.54) is 13.1 Å². The predicted molar refractivity (Wildman–Crippen MR) is 117 cm³/mol. The van der Waals surface area contributed by atoms with Gasteiger partial charge in [0.15, 0.2) is 5.82 Å². The zero-order valence-electron chi connectivity index (χ0n) is 18.2. The van der Waals surface area contributed by atoms with Gasteiger partial charge in [0.1, 0.15) is 11.4 Å². The Bertz CT molecular complexity index is 1270. The summed E-state index contributed by atoms with van der Waals surface area (Å²) in [6.45, 7) is 4.31. The monoisotopic (exact) mass is 455 g/mol. The molecule has 0 unspecified atom stereocenters. The van der Waals surface area contributed by atoms with Gasteiger partial charge in [-0.25, -0.2) is 14.4 Å². The first-order valence-corrected chi connectivity index (χ1v) is 10.7. The van der Waals surface area contributed by atoms with Gasteiger partial charge in [0.25, 0.3) is 5.91 Å². The van der Waals surface area contributed by atoms with Gasteiger partial charge in [0.05, 0.1) is 29.1 Å². The highest BCUT2D eigenvalue weighted by Gasteiger charge is 2.31. The van der Waals surface area contributed by atoms with Gasteiger partial charge in [-0.1, -0.05) is 0 Å². The lowest BCUT2D eigenvalue weighted by Gasteiger charge is -2.36. The summed E-state index contributed by atoms with van der Waals surface area (Å²) < 4.78 is 31.5. The third-order valence-corrected chi connectivity index (χ3v) is 6.30. The first-order chi connectivity index (χ1) is 15.9. The fourth-order valence-corrected chi connectivity index (χ4v) is 4.42. The molecule has 2 amide bonds. The van der Waals surface area contributed by atoms with E-state index in [0.717, 1.165) is 0 Å². The van der Waals surface area contributed by atoms with Crippen LogP contribution in [-0.2, 0) is 11.3 Å². The molecule has 11 heteroatoms. The van der Waals surface area contributed by atoms with Crippen LogP contribution in [0.3, 0.4) is 0 Å². The van der Waals surface area contributed by atoms with Crippen LogP contribution < -0.4 is 15.5 Å². The van der Waals surface area contributed by atoms with Crippen LogP contribution in [-0.4, -0.2) is 64.3 Å². The van der Waals surface area contributed by atoms with E-state index in [2.05, 4.69) is 25.5 Å². The van der Waals surface area contributed by atoms with Gasteiger partial charge in [0.2, 0.25) is 11.9 Å². The Balaban J connectivity index is 1.31. The van der Waals surface area contributed by atoms with Gasteiger partial charge >= 0.3 is 0 Å². The lowest BCUT2D eigenvalue weighted by molar-refractivity contribution is -0.117. The van der Waals surface area contributed by atoms with E-state index in [0.29, 0.717) is 55.2 Å². The van der Waals surface area contributed by atoms with Crippen molar-refractivity contribution in [3.63, 3.8) is 0 Å². The summed E-state index contributed by atoms with van der Waals surface area (Å²) in [6.07, 6.45) is 3.31. The number of hydrogen-bond acceptors (Lipinski definition) is 6. The zero-order chi connectivity index (χ0) is 23.3. The van der Waals surface area contributed by atoms with Gasteiger partial charge in [-0.2, -0.15) is 4.39 Å². The molecule has 3 aromatic rings. The van der Waals surface area contributed by atoms with Crippen molar-refractivity contribution in [3.05, 3.63) is 53.4 Å². The maximum atomic E-state index is 15.3. The second-order valence-corrected chi connectivity index (χ2v) is 8.29. The summed E-state index contributed by atoms with van der Waals surface area (Å²) in [5.41, 5.74) is 2.15. The summed E-state index contributed by atoms with van der Waals surface area (Å²) in [6, 6.07) is 3.05. The number of imidazole rings is 1. The lowest BCUT2D eigenvalue weighted by atomic mass is 10.0. The molecule has 1 saturated heterocycles. The van der Waals surface area contributed by atoms with E-state index in [9.17, 15) is 14.0 Å². The SMILES string of the molecule is CNC(=O)c1ccc(N2CCN(Cc3cn4cnc5c4c(c3F)NC(=O)[C@H]5C)CC2)c(F)n1. The fourth-order valence-electron chi connectivity index (χ4n) is 4.42. The van der Waals surface area contributed by atoms with Crippen molar-refractivity contribution in [1.29, 1.82) is 0 Å². The standard InChI is InChI=1S/C22H23F2N7O2/c1-12-17-19-18(28-21(12)32)16(23)13(10-31(19)11-26-17)9-29-5-7-30(8-6-29)15-4-3-14(22(33)25-2)27-20(15)24/h3-4,10-12H,5-9H2,1-2H3,(H,25,33)(H,28,32)/t12-/m0/s1. The highest BCUT2D eigenvalue weighted by molar-refractivity contribution is 6.04. The lowest BCUT2D eigenvalue weighted by Crippen LogP contribution is -2.46. The minimum absolute atomic E-state index is 0.0244. The van der Waals surface area contributed by atoms with Gasteiger partial charge in [0, 0.05) is 51.5 Å². The molecule has 33 heavy (non-hydrogen) atoms. The van der Waals surface area contributed by atoms with Crippen LogP contribution in [0.4, 0.5) is 20.2 Å². The maximum absolute atomic E-state index is 15.3. The van der Waals surface area contributed by atoms with Crippen molar-refractivity contribution < 1.29 is 18.4 Å². The smallest absolute Gasteiger partial charge is 0.269 e. The topological polar surface area (TPSA) is 94.9 Å². The molecule has 2 aliphatic heterocycles. The molecule has 172 valence electrons. The highest BCUT2D eigenvalue weighted by atomic mass is 19.1. The van der Waals surface area contributed by atoms with Gasteiger partial charge in [-0.3, -0.25) is 14.5 Å². The summed E-state index contributed by atoms with van der Waals surface area (Å²) in [4.78, 5) is 35.9. The van der Waals surface area contributed by atoms with Crippen LogP contribution in [0, 0.1) is 11.8 Å². The molecule has 0 radical (unpaired) electrons. The Labute approximate surface area is 188 Å². The molecule has 1 fully saturated rings. The molecule has 3 aromatic heterocycles. The van der Waals surface area contributed by atoms with E-state index < -0.39 is 23.6 Å². The number of aromatic nitrogens is 3. The Kier molecular flexibility index (Phi) is 5.20. The molecule has 0 saturated carbocycles. The van der Waals surface area contributed by atoms with Gasteiger partial charge in [-0.05, 0) is 19.1 Å². The summed E-state index contributed by atoms with van der Waals surface area (Å²) in [5.74, 6) is -2.29. The van der Waals surface area contributed by atoms with Crippen molar-refractivity contribution in [2.24, 2.45) is 0 Å². The van der Waals surface area contributed by atoms with E-state index in [-0.39, 0.29) is 17.3 Å². The van der Waals surface area contributed by atoms with Crippen molar-refractivity contribution in [2.75, 3.05) is 43.4 Å². The molecular formula is C22H23F2N7O2. The first-order valence-electron chi connectivity index (χ1n) is 10.7. The molecule has 0 aromatic carbocycles. The van der Waals surface area contributed by atoms with E-state index in [1.54, 1.807) is 29.9 Å². The number of amides is 2. The number of rotatable bonds is 4. The van der Waals surface area contributed by atoms with Crippen molar-refractivity contribution in [2.45, 2.75) is 19.4 Å². The Morgan fingerprint density at radius 3 is 2.70 bits per heavy atom.